The zero-order chi connectivity index (χ0) is 13.9. The van der Waals surface area contributed by atoms with E-state index in [1.165, 1.54) is 5.56 Å². The number of carbonyl (C=O) groups excluding carboxylic acids is 1. The van der Waals surface area contributed by atoms with Crippen LogP contribution in [-0.2, 0) is 11.2 Å². The van der Waals surface area contributed by atoms with E-state index in [9.17, 15) is 4.79 Å². The lowest BCUT2D eigenvalue weighted by molar-refractivity contribution is -0.128. The van der Waals surface area contributed by atoms with Gasteiger partial charge in [-0.15, -0.1) is 6.42 Å². The van der Waals surface area contributed by atoms with Crippen molar-refractivity contribution in [2.24, 2.45) is 0 Å². The van der Waals surface area contributed by atoms with Crippen LogP contribution in [-0.4, -0.2) is 37.5 Å². The Morgan fingerprint density at radius 1 is 1.32 bits per heavy atom. The molecule has 0 aliphatic carbocycles. The van der Waals surface area contributed by atoms with Crippen LogP contribution in [0.5, 0.6) is 0 Å². The summed E-state index contributed by atoms with van der Waals surface area (Å²) in [5, 5.41) is 2.90. The van der Waals surface area contributed by atoms with Gasteiger partial charge in [-0.2, -0.15) is 0 Å². The molecule has 0 aliphatic rings. The van der Waals surface area contributed by atoms with Crippen molar-refractivity contribution < 1.29 is 4.79 Å². The van der Waals surface area contributed by atoms with E-state index < -0.39 is 0 Å². The van der Waals surface area contributed by atoms with Gasteiger partial charge in [-0.1, -0.05) is 36.3 Å². The highest BCUT2D eigenvalue weighted by Crippen LogP contribution is 2.04. The highest BCUT2D eigenvalue weighted by Gasteiger charge is 2.06. The molecule has 19 heavy (non-hydrogen) atoms. The maximum absolute atomic E-state index is 11.7. The minimum atomic E-state index is 0.0926. The molecule has 3 heteroatoms. The van der Waals surface area contributed by atoms with Crippen molar-refractivity contribution in [2.45, 2.75) is 19.3 Å². The Hall–Kier alpha value is -1.79. The van der Waals surface area contributed by atoms with Crippen LogP contribution in [0.1, 0.15) is 18.4 Å². The number of unbranched alkanes of at least 4 members (excludes halogenated alkanes) is 1. The Kier molecular flexibility index (Phi) is 7.38. The predicted octanol–water partition coefficient (Wildman–Crippen LogP) is 1.69. The van der Waals surface area contributed by atoms with Gasteiger partial charge in [-0.25, -0.2) is 0 Å². The fourth-order valence-electron chi connectivity index (χ4n) is 1.82. The summed E-state index contributed by atoms with van der Waals surface area (Å²) in [7, 11) is 1.84. The second kappa shape index (κ2) is 9.18. The molecule has 1 aromatic rings. The van der Waals surface area contributed by atoms with Crippen LogP contribution < -0.4 is 5.32 Å². The number of rotatable bonds is 8. The van der Waals surface area contributed by atoms with Gasteiger partial charge in [0.1, 0.15) is 0 Å². The largest absolute Gasteiger partial charge is 0.345 e. The fraction of sp³-hybridized carbons (Fsp3) is 0.438. The van der Waals surface area contributed by atoms with E-state index in [1.54, 1.807) is 4.90 Å². The molecule has 0 spiro atoms. The first-order valence-corrected chi connectivity index (χ1v) is 6.66. The minimum absolute atomic E-state index is 0.0926. The summed E-state index contributed by atoms with van der Waals surface area (Å²) in [5.74, 6) is 2.54. The number of benzene rings is 1. The van der Waals surface area contributed by atoms with Gasteiger partial charge in [0, 0.05) is 13.6 Å². The molecule has 0 bridgehead atoms. The predicted molar refractivity (Wildman–Crippen MR) is 78.7 cm³/mol. The van der Waals surface area contributed by atoms with Gasteiger partial charge < -0.3 is 4.90 Å². The molecule has 0 aromatic heterocycles. The van der Waals surface area contributed by atoms with Crippen molar-refractivity contribution >= 4 is 5.91 Å². The molecule has 0 atom stereocenters. The summed E-state index contributed by atoms with van der Waals surface area (Å²) >= 11 is 0. The first-order chi connectivity index (χ1) is 9.24. The monoisotopic (exact) mass is 258 g/mol. The smallest absolute Gasteiger partial charge is 0.236 e. The van der Waals surface area contributed by atoms with Crippen LogP contribution in [0.25, 0.3) is 0 Å². The standard InChI is InChI=1S/C16H22N2O/c1-3-12-17-14-16(19)18(2)13-8-7-11-15-9-5-4-6-10-15/h1,4-6,9-10,17H,7-8,11-14H2,2H3. The number of terminal acetylenes is 1. The molecule has 102 valence electrons. The van der Waals surface area contributed by atoms with E-state index in [1.807, 2.05) is 13.1 Å². The van der Waals surface area contributed by atoms with Gasteiger partial charge in [0.25, 0.3) is 0 Å². The molecular formula is C16H22N2O. The Bertz CT molecular complexity index is 409. The van der Waals surface area contributed by atoms with E-state index in [0.29, 0.717) is 13.1 Å². The molecule has 1 aromatic carbocycles. The molecule has 3 nitrogen and oxygen atoms in total. The number of nitrogens with zero attached hydrogens (tertiary/aromatic N) is 1. The lowest BCUT2D eigenvalue weighted by Crippen LogP contribution is -2.36. The van der Waals surface area contributed by atoms with Crippen molar-refractivity contribution in [1.82, 2.24) is 10.2 Å². The SMILES string of the molecule is C#CCNCC(=O)N(C)CCCCc1ccccc1. The van der Waals surface area contributed by atoms with E-state index >= 15 is 0 Å². The van der Waals surface area contributed by atoms with Crippen LogP contribution in [0.15, 0.2) is 30.3 Å². The fourth-order valence-corrected chi connectivity index (χ4v) is 1.82. The van der Waals surface area contributed by atoms with Gasteiger partial charge in [0.2, 0.25) is 5.91 Å². The van der Waals surface area contributed by atoms with Crippen LogP contribution in [0.2, 0.25) is 0 Å². The molecule has 0 fully saturated rings. The quantitative estimate of drug-likeness (QED) is 0.568. The summed E-state index contributed by atoms with van der Waals surface area (Å²) in [6, 6.07) is 10.4. The lowest BCUT2D eigenvalue weighted by Gasteiger charge is -2.17. The summed E-state index contributed by atoms with van der Waals surface area (Å²) in [6.07, 6.45) is 8.29. The van der Waals surface area contributed by atoms with E-state index in [-0.39, 0.29) is 5.91 Å². The van der Waals surface area contributed by atoms with Gasteiger partial charge in [0.15, 0.2) is 0 Å². The highest BCUT2D eigenvalue weighted by atomic mass is 16.2. The molecule has 0 saturated heterocycles. The Morgan fingerprint density at radius 2 is 2.05 bits per heavy atom. The van der Waals surface area contributed by atoms with E-state index in [0.717, 1.165) is 25.8 Å². The number of aryl methyl sites for hydroxylation is 1. The summed E-state index contributed by atoms with van der Waals surface area (Å²) in [4.78, 5) is 13.4. The van der Waals surface area contributed by atoms with Crippen molar-refractivity contribution in [1.29, 1.82) is 0 Å². The third-order valence-electron chi connectivity index (χ3n) is 2.98. The summed E-state index contributed by atoms with van der Waals surface area (Å²) < 4.78 is 0. The summed E-state index contributed by atoms with van der Waals surface area (Å²) in [5.41, 5.74) is 1.35. The summed E-state index contributed by atoms with van der Waals surface area (Å²) in [6.45, 7) is 1.55. The van der Waals surface area contributed by atoms with Crippen molar-refractivity contribution in [3.05, 3.63) is 35.9 Å². The molecule has 0 aliphatic heterocycles. The highest BCUT2D eigenvalue weighted by molar-refractivity contribution is 5.77. The number of amides is 1. The zero-order valence-electron chi connectivity index (χ0n) is 11.6. The third kappa shape index (κ3) is 6.64. The van der Waals surface area contributed by atoms with Gasteiger partial charge in [-0.3, -0.25) is 10.1 Å². The molecule has 0 saturated carbocycles. The van der Waals surface area contributed by atoms with Crippen LogP contribution in [0.4, 0.5) is 0 Å². The number of hydrogen-bond acceptors (Lipinski definition) is 2. The van der Waals surface area contributed by atoms with E-state index in [4.69, 9.17) is 6.42 Å². The second-order valence-corrected chi connectivity index (χ2v) is 4.57. The minimum Gasteiger partial charge on any atom is -0.345 e. The Morgan fingerprint density at radius 3 is 2.74 bits per heavy atom. The van der Waals surface area contributed by atoms with Gasteiger partial charge >= 0.3 is 0 Å². The maximum atomic E-state index is 11.7. The van der Waals surface area contributed by atoms with E-state index in [2.05, 4.69) is 35.5 Å². The zero-order valence-corrected chi connectivity index (χ0v) is 11.6. The van der Waals surface area contributed by atoms with Crippen LogP contribution in [0, 0.1) is 12.3 Å². The van der Waals surface area contributed by atoms with Crippen molar-refractivity contribution in [2.75, 3.05) is 26.7 Å². The Balaban J connectivity index is 2.11. The first-order valence-electron chi connectivity index (χ1n) is 6.66. The molecular weight excluding hydrogens is 236 g/mol. The number of carbonyl (C=O) groups is 1. The number of nitrogens with one attached hydrogen (secondary N) is 1. The average Bonchev–Trinajstić information content (AvgIpc) is 2.44. The molecule has 0 unspecified atom stereocenters. The van der Waals surface area contributed by atoms with Crippen LogP contribution in [0.3, 0.4) is 0 Å². The molecule has 0 radical (unpaired) electrons. The van der Waals surface area contributed by atoms with Crippen LogP contribution >= 0.6 is 0 Å². The lowest BCUT2D eigenvalue weighted by atomic mass is 10.1. The first kappa shape index (κ1) is 15.3. The van der Waals surface area contributed by atoms with Crippen molar-refractivity contribution in [3.8, 4) is 12.3 Å². The number of hydrogen-bond donors (Lipinski definition) is 1. The number of likely N-dealkylation sites (N-methyl/N-ethyl adjacent to an activating group) is 1. The average molecular weight is 258 g/mol. The van der Waals surface area contributed by atoms with Gasteiger partial charge in [0.05, 0.1) is 13.1 Å². The molecule has 0 heterocycles. The van der Waals surface area contributed by atoms with Gasteiger partial charge in [-0.05, 0) is 24.8 Å². The molecule has 1 rings (SSSR count). The molecule has 1 N–H and O–H groups in total. The van der Waals surface area contributed by atoms with Crippen molar-refractivity contribution in [3.63, 3.8) is 0 Å². The normalized spacial score (nSPS) is 9.89. The second-order valence-electron chi connectivity index (χ2n) is 4.57. The Labute approximate surface area is 116 Å². The third-order valence-corrected chi connectivity index (χ3v) is 2.98. The maximum Gasteiger partial charge on any atom is 0.236 e. The topological polar surface area (TPSA) is 32.3 Å². The molecule has 1 amide bonds.